The topological polar surface area (TPSA) is 72.9 Å². The third-order valence-corrected chi connectivity index (χ3v) is 4.82. The molecule has 0 aliphatic carbocycles. The van der Waals surface area contributed by atoms with Crippen molar-refractivity contribution in [3.8, 4) is 0 Å². The molecule has 0 radical (unpaired) electrons. The fourth-order valence-corrected chi connectivity index (χ4v) is 3.26. The lowest BCUT2D eigenvalue weighted by Crippen LogP contribution is -2.56. The minimum Gasteiger partial charge on any atom is -0.479 e. The zero-order chi connectivity index (χ0) is 15.4. The molecule has 2 N–H and O–H groups in total. The van der Waals surface area contributed by atoms with E-state index in [1.54, 1.807) is 22.4 Å². The van der Waals surface area contributed by atoms with E-state index in [1.807, 2.05) is 0 Å². The van der Waals surface area contributed by atoms with Gasteiger partial charge in [-0.25, -0.2) is 9.59 Å². The molecule has 2 amide bonds. The average molecular weight is 311 g/mol. The smallest absolute Gasteiger partial charge is 0.331 e. The first kappa shape index (κ1) is 15.8. The van der Waals surface area contributed by atoms with E-state index in [2.05, 4.69) is 24.2 Å². The molecule has 0 bridgehead atoms. The van der Waals surface area contributed by atoms with Crippen LogP contribution in [-0.2, 0) is 4.79 Å². The van der Waals surface area contributed by atoms with Gasteiger partial charge in [-0.05, 0) is 24.9 Å². The minimum atomic E-state index is -1.04. The number of carboxylic acids is 1. The Hall–Kier alpha value is -1.60. The van der Waals surface area contributed by atoms with Gasteiger partial charge in [-0.1, -0.05) is 13.0 Å². The maximum Gasteiger partial charge on any atom is 0.331 e. The van der Waals surface area contributed by atoms with E-state index in [0.29, 0.717) is 24.0 Å². The average Bonchev–Trinajstić information content (AvgIpc) is 2.98. The van der Waals surface area contributed by atoms with Crippen molar-refractivity contribution in [2.45, 2.75) is 25.4 Å². The summed E-state index contributed by atoms with van der Waals surface area (Å²) in [6.07, 6.45) is 0.966. The molecule has 1 aliphatic heterocycles. The summed E-state index contributed by atoms with van der Waals surface area (Å²) in [6.45, 7) is 4.15. The first-order valence-corrected chi connectivity index (χ1v) is 7.92. The van der Waals surface area contributed by atoms with Crippen LogP contribution in [-0.4, -0.2) is 59.6 Å². The van der Waals surface area contributed by atoms with Gasteiger partial charge in [-0.3, -0.25) is 4.90 Å². The van der Waals surface area contributed by atoms with Gasteiger partial charge in [0.25, 0.3) is 0 Å². The number of carbonyl (C=O) groups is 2. The Morgan fingerprint density at radius 2 is 2.29 bits per heavy atom. The van der Waals surface area contributed by atoms with Crippen LogP contribution in [0.25, 0.3) is 0 Å². The molecule has 1 fully saturated rings. The van der Waals surface area contributed by atoms with Crippen LogP contribution in [0.5, 0.6) is 0 Å². The number of likely N-dealkylation sites (N-methyl/N-ethyl adjacent to an activating group) is 1. The first-order valence-electron chi connectivity index (χ1n) is 7.04. The number of amides is 2. The van der Waals surface area contributed by atoms with Crippen molar-refractivity contribution in [3.63, 3.8) is 0 Å². The van der Waals surface area contributed by atoms with Crippen LogP contribution in [0.15, 0.2) is 17.5 Å². The Morgan fingerprint density at radius 3 is 2.86 bits per heavy atom. The quantitative estimate of drug-likeness (QED) is 0.886. The Balaban J connectivity index is 2.01. The van der Waals surface area contributed by atoms with Crippen molar-refractivity contribution in [3.05, 3.63) is 22.4 Å². The number of nitrogens with zero attached hydrogens (tertiary/aromatic N) is 2. The van der Waals surface area contributed by atoms with Crippen molar-refractivity contribution in [1.29, 1.82) is 0 Å². The number of urea groups is 1. The van der Waals surface area contributed by atoms with Crippen molar-refractivity contribution < 1.29 is 14.7 Å². The highest BCUT2D eigenvalue weighted by Gasteiger charge is 2.29. The van der Waals surface area contributed by atoms with Gasteiger partial charge in [0.1, 0.15) is 0 Å². The molecule has 2 rings (SSSR count). The van der Waals surface area contributed by atoms with Gasteiger partial charge in [0.15, 0.2) is 6.04 Å². The molecule has 116 valence electrons. The SMILES string of the molecule is CCC1CN(C(=O)NC(C(=O)O)c2cccs2)CCN1C. The zero-order valence-corrected chi connectivity index (χ0v) is 13.1. The molecule has 1 aromatic heterocycles. The second-order valence-electron chi connectivity index (χ2n) is 5.22. The van der Waals surface area contributed by atoms with Crippen molar-refractivity contribution in [1.82, 2.24) is 15.1 Å². The number of carboxylic acid groups (broad SMARTS) is 1. The van der Waals surface area contributed by atoms with Crippen LogP contribution < -0.4 is 5.32 Å². The number of piperazine rings is 1. The first-order chi connectivity index (χ1) is 10.0. The van der Waals surface area contributed by atoms with Crippen LogP contribution in [0.1, 0.15) is 24.3 Å². The number of hydrogen-bond acceptors (Lipinski definition) is 4. The van der Waals surface area contributed by atoms with Crippen LogP contribution >= 0.6 is 11.3 Å². The molecule has 1 saturated heterocycles. The van der Waals surface area contributed by atoms with Crippen molar-refractivity contribution >= 4 is 23.3 Å². The molecule has 6 nitrogen and oxygen atoms in total. The number of carbonyl (C=O) groups excluding carboxylic acids is 1. The number of thiophene rings is 1. The van der Waals surface area contributed by atoms with Crippen molar-refractivity contribution in [2.24, 2.45) is 0 Å². The summed E-state index contributed by atoms with van der Waals surface area (Å²) in [7, 11) is 2.05. The van der Waals surface area contributed by atoms with E-state index in [1.165, 1.54) is 11.3 Å². The van der Waals surface area contributed by atoms with E-state index in [0.717, 1.165) is 13.0 Å². The molecule has 0 spiro atoms. The van der Waals surface area contributed by atoms with E-state index < -0.39 is 12.0 Å². The van der Waals surface area contributed by atoms with Crippen LogP contribution in [0.3, 0.4) is 0 Å². The summed E-state index contributed by atoms with van der Waals surface area (Å²) in [5, 5.41) is 13.7. The zero-order valence-electron chi connectivity index (χ0n) is 12.3. The van der Waals surface area contributed by atoms with E-state index in [9.17, 15) is 14.7 Å². The lowest BCUT2D eigenvalue weighted by molar-refractivity contribution is -0.139. The predicted octanol–water partition coefficient (Wildman–Crippen LogP) is 1.61. The second-order valence-corrected chi connectivity index (χ2v) is 6.20. The fourth-order valence-electron chi connectivity index (χ4n) is 2.50. The highest BCUT2D eigenvalue weighted by molar-refractivity contribution is 7.10. The third kappa shape index (κ3) is 3.74. The summed E-state index contributed by atoms with van der Waals surface area (Å²) >= 11 is 1.33. The molecule has 0 aromatic carbocycles. The number of rotatable bonds is 4. The highest BCUT2D eigenvalue weighted by atomic mass is 32.1. The van der Waals surface area contributed by atoms with E-state index in [4.69, 9.17) is 0 Å². The molecular weight excluding hydrogens is 290 g/mol. The van der Waals surface area contributed by atoms with Gasteiger partial charge in [0.2, 0.25) is 0 Å². The van der Waals surface area contributed by atoms with Crippen LogP contribution in [0.2, 0.25) is 0 Å². The molecular formula is C14H21N3O3S. The summed E-state index contributed by atoms with van der Waals surface area (Å²) in [5.74, 6) is -1.04. The third-order valence-electron chi connectivity index (χ3n) is 3.88. The standard InChI is InChI=1S/C14H21N3O3S/c1-3-10-9-17(7-6-16(10)2)14(20)15-12(13(18)19)11-5-4-8-21-11/h4-5,8,10,12H,3,6-7,9H2,1-2H3,(H,15,20)(H,18,19). The summed E-state index contributed by atoms with van der Waals surface area (Å²) in [5.41, 5.74) is 0. The monoisotopic (exact) mass is 311 g/mol. The lowest BCUT2D eigenvalue weighted by Gasteiger charge is -2.39. The minimum absolute atomic E-state index is 0.303. The maximum atomic E-state index is 12.3. The Labute approximate surface area is 128 Å². The number of hydrogen-bond donors (Lipinski definition) is 2. The van der Waals surface area contributed by atoms with E-state index in [-0.39, 0.29) is 6.03 Å². The predicted molar refractivity (Wildman–Crippen MR) is 81.5 cm³/mol. The summed E-state index contributed by atoms with van der Waals surface area (Å²) < 4.78 is 0. The van der Waals surface area contributed by atoms with Gasteiger partial charge in [-0.15, -0.1) is 11.3 Å². The lowest BCUT2D eigenvalue weighted by atomic mass is 10.1. The Morgan fingerprint density at radius 1 is 1.52 bits per heavy atom. The van der Waals surface area contributed by atoms with Gasteiger partial charge in [0, 0.05) is 30.6 Å². The fraction of sp³-hybridized carbons (Fsp3) is 0.571. The van der Waals surface area contributed by atoms with Crippen LogP contribution in [0, 0.1) is 0 Å². The molecule has 2 unspecified atom stereocenters. The summed E-state index contributed by atoms with van der Waals surface area (Å²) in [4.78, 5) is 28.2. The molecule has 2 heterocycles. The maximum absolute atomic E-state index is 12.3. The molecule has 0 saturated carbocycles. The molecule has 1 aliphatic rings. The molecule has 2 atom stereocenters. The number of nitrogens with one attached hydrogen (secondary N) is 1. The van der Waals surface area contributed by atoms with Crippen LogP contribution in [0.4, 0.5) is 4.79 Å². The second kappa shape index (κ2) is 6.91. The Bertz CT molecular complexity index is 492. The highest BCUT2D eigenvalue weighted by Crippen LogP contribution is 2.20. The largest absolute Gasteiger partial charge is 0.479 e. The van der Waals surface area contributed by atoms with Crippen molar-refractivity contribution in [2.75, 3.05) is 26.7 Å². The molecule has 21 heavy (non-hydrogen) atoms. The van der Waals surface area contributed by atoms with Gasteiger partial charge < -0.3 is 15.3 Å². The number of aliphatic carboxylic acids is 1. The van der Waals surface area contributed by atoms with Gasteiger partial charge in [-0.2, -0.15) is 0 Å². The summed E-state index contributed by atoms with van der Waals surface area (Å²) in [6, 6.07) is 2.56. The molecule has 7 heteroatoms. The van der Waals surface area contributed by atoms with Gasteiger partial charge >= 0.3 is 12.0 Å². The van der Waals surface area contributed by atoms with Gasteiger partial charge in [0.05, 0.1) is 0 Å². The molecule has 1 aromatic rings. The van der Waals surface area contributed by atoms with E-state index >= 15 is 0 Å². The normalized spacial score (nSPS) is 21.0. The Kier molecular flexibility index (Phi) is 5.19.